The molecule has 39 heavy (non-hydrogen) atoms. The van der Waals surface area contributed by atoms with Crippen LogP contribution in [0.15, 0.2) is 117 Å². The van der Waals surface area contributed by atoms with Gasteiger partial charge in [-0.3, -0.25) is 0 Å². The number of aryl methyl sites for hydroxylation is 4. The molecule has 0 aliphatic carbocycles. The normalized spacial score (nSPS) is 12.4. The summed E-state index contributed by atoms with van der Waals surface area (Å²) in [6, 6.07) is 31.5. The van der Waals surface area contributed by atoms with Crippen molar-refractivity contribution in [1.82, 2.24) is 0 Å². The zero-order valence-electron chi connectivity index (χ0n) is 23.5. The van der Waals surface area contributed by atoms with Crippen molar-refractivity contribution in [3.8, 4) is 0 Å². The molecule has 3 nitrogen and oxygen atoms in total. The monoisotopic (exact) mass is 560 g/mol. The summed E-state index contributed by atoms with van der Waals surface area (Å²) in [5.41, 5.74) is 4.69. The van der Waals surface area contributed by atoms with Gasteiger partial charge in [0.2, 0.25) is 0 Å². The summed E-state index contributed by atoms with van der Waals surface area (Å²) < 4.78 is 35.1. The minimum atomic E-state index is -4.13. The Balaban J connectivity index is 2.14. The predicted molar refractivity (Wildman–Crippen MR) is 163 cm³/mol. The van der Waals surface area contributed by atoms with Gasteiger partial charge in [0.05, 0.1) is 4.90 Å². The third-order valence-electron chi connectivity index (χ3n) is 6.82. The van der Waals surface area contributed by atoms with E-state index in [-0.39, 0.29) is 4.90 Å². The first-order valence-corrected chi connectivity index (χ1v) is 16.9. The second-order valence-corrected chi connectivity index (χ2v) is 14.4. The first-order valence-electron chi connectivity index (χ1n) is 14.0. The van der Waals surface area contributed by atoms with Crippen molar-refractivity contribution in [2.75, 3.05) is 0 Å². The minimum Gasteiger partial charge on any atom is -0.203 e. The van der Waals surface area contributed by atoms with E-state index in [0.29, 0.717) is 0 Å². The first kappa shape index (κ1) is 29.1. The fourth-order valence-corrected chi connectivity index (χ4v) is 10.8. The van der Waals surface area contributed by atoms with Crippen LogP contribution >= 0.6 is 10.3 Å². The maximum absolute atomic E-state index is 14.2. The molecule has 0 aliphatic heterocycles. The van der Waals surface area contributed by atoms with Crippen molar-refractivity contribution in [1.29, 1.82) is 0 Å². The summed E-state index contributed by atoms with van der Waals surface area (Å²) in [6.45, 7) is 8.52. The van der Waals surface area contributed by atoms with Crippen molar-refractivity contribution in [3.05, 3.63) is 119 Å². The Morgan fingerprint density at radius 1 is 0.590 bits per heavy atom. The molecular formula is C34H40O3S2. The van der Waals surface area contributed by atoms with Crippen molar-refractivity contribution in [3.63, 3.8) is 0 Å². The zero-order valence-corrected chi connectivity index (χ0v) is 25.2. The van der Waals surface area contributed by atoms with Crippen LogP contribution in [-0.2, 0) is 33.0 Å². The minimum absolute atomic E-state index is 0.175. The van der Waals surface area contributed by atoms with Crippen molar-refractivity contribution in [2.45, 2.75) is 85.8 Å². The van der Waals surface area contributed by atoms with Gasteiger partial charge in [-0.25, -0.2) is 3.63 Å². The fraction of sp³-hybridized carbons (Fsp3) is 0.294. The SMILES string of the molecule is CCCc1cc(CCC)c(S(OS(=O)(=O)c2ccc(C)cc2)(c2ccccc2)c2ccccc2)c(CCC)c1. The van der Waals surface area contributed by atoms with Crippen LogP contribution in [0.2, 0.25) is 0 Å². The van der Waals surface area contributed by atoms with Gasteiger partial charge in [0.15, 0.2) is 0 Å². The molecule has 0 aliphatic rings. The van der Waals surface area contributed by atoms with E-state index in [1.54, 1.807) is 12.1 Å². The van der Waals surface area contributed by atoms with Crippen LogP contribution < -0.4 is 0 Å². The molecular weight excluding hydrogens is 521 g/mol. The summed E-state index contributed by atoms with van der Waals surface area (Å²) in [5, 5.41) is 0. The summed E-state index contributed by atoms with van der Waals surface area (Å²) in [7, 11) is -6.80. The number of hydrogen-bond donors (Lipinski definition) is 0. The largest absolute Gasteiger partial charge is 0.307 e. The molecule has 0 unspecified atom stereocenters. The Labute approximate surface area is 236 Å². The molecule has 0 radical (unpaired) electrons. The average molecular weight is 561 g/mol. The smallest absolute Gasteiger partial charge is 0.203 e. The molecule has 0 atom stereocenters. The van der Waals surface area contributed by atoms with Gasteiger partial charge in [-0.15, -0.1) is 0 Å². The van der Waals surface area contributed by atoms with Crippen LogP contribution in [0.5, 0.6) is 0 Å². The molecule has 0 heterocycles. The fourth-order valence-electron chi connectivity index (χ4n) is 5.13. The van der Waals surface area contributed by atoms with Crippen LogP contribution in [-0.4, -0.2) is 8.42 Å². The van der Waals surface area contributed by atoms with Crippen LogP contribution in [0.1, 0.15) is 62.3 Å². The number of benzene rings is 4. The lowest BCUT2D eigenvalue weighted by Crippen LogP contribution is -2.18. The lowest BCUT2D eigenvalue weighted by Gasteiger charge is -2.42. The molecule has 4 aromatic rings. The molecule has 0 spiro atoms. The molecule has 0 amide bonds. The Morgan fingerprint density at radius 3 is 1.49 bits per heavy atom. The summed E-state index contributed by atoms with van der Waals surface area (Å²) >= 11 is 0. The van der Waals surface area contributed by atoms with Crippen LogP contribution in [0, 0.1) is 6.92 Å². The average Bonchev–Trinajstić information content (AvgIpc) is 2.94. The second-order valence-electron chi connectivity index (χ2n) is 10.0. The summed E-state index contributed by atoms with van der Waals surface area (Å²) in [4.78, 5) is 2.97. The predicted octanol–water partition coefficient (Wildman–Crippen LogP) is 9.45. The van der Waals surface area contributed by atoms with Crippen LogP contribution in [0.3, 0.4) is 0 Å². The topological polar surface area (TPSA) is 43.4 Å². The van der Waals surface area contributed by atoms with E-state index in [1.807, 2.05) is 79.7 Å². The molecule has 4 aromatic carbocycles. The van der Waals surface area contributed by atoms with Crippen LogP contribution in [0.25, 0.3) is 0 Å². The van der Waals surface area contributed by atoms with Gasteiger partial charge in [0, 0.05) is 14.7 Å². The maximum Gasteiger partial charge on any atom is 0.307 e. The van der Waals surface area contributed by atoms with Gasteiger partial charge in [0.25, 0.3) is 0 Å². The van der Waals surface area contributed by atoms with Gasteiger partial charge < -0.3 is 0 Å². The Morgan fingerprint density at radius 2 is 1.05 bits per heavy atom. The Hall–Kier alpha value is -2.86. The molecule has 0 N–H and O–H groups in total. The van der Waals surface area contributed by atoms with E-state index >= 15 is 0 Å². The molecule has 206 valence electrons. The summed E-state index contributed by atoms with van der Waals surface area (Å²) in [5.74, 6) is 0. The molecule has 0 saturated heterocycles. The van der Waals surface area contributed by atoms with E-state index < -0.39 is 20.4 Å². The van der Waals surface area contributed by atoms with Gasteiger partial charge >= 0.3 is 10.1 Å². The Kier molecular flexibility index (Phi) is 9.71. The van der Waals surface area contributed by atoms with Gasteiger partial charge in [-0.2, -0.15) is 8.42 Å². The molecule has 0 aromatic heterocycles. The second kappa shape index (κ2) is 13.0. The highest BCUT2D eigenvalue weighted by Crippen LogP contribution is 2.72. The molecule has 4 rings (SSSR count). The Bertz CT molecular complexity index is 1400. The summed E-state index contributed by atoms with van der Waals surface area (Å²) in [6.07, 6.45) is 5.67. The first-order chi connectivity index (χ1) is 18.9. The van der Waals surface area contributed by atoms with Crippen molar-refractivity contribution in [2.24, 2.45) is 0 Å². The highest BCUT2D eigenvalue weighted by Gasteiger charge is 2.41. The van der Waals surface area contributed by atoms with E-state index in [2.05, 4.69) is 32.9 Å². The molecule has 5 heteroatoms. The van der Waals surface area contributed by atoms with E-state index in [0.717, 1.165) is 58.8 Å². The van der Waals surface area contributed by atoms with Crippen molar-refractivity contribution < 1.29 is 12.0 Å². The highest BCUT2D eigenvalue weighted by molar-refractivity contribution is 8.33. The third-order valence-corrected chi connectivity index (χ3v) is 12.2. The number of hydrogen-bond acceptors (Lipinski definition) is 3. The van der Waals surface area contributed by atoms with E-state index in [9.17, 15) is 8.42 Å². The molecule has 0 saturated carbocycles. The lowest BCUT2D eigenvalue weighted by atomic mass is 9.97. The molecule has 0 fully saturated rings. The lowest BCUT2D eigenvalue weighted by molar-refractivity contribution is 0.507. The van der Waals surface area contributed by atoms with Gasteiger partial charge in [-0.05, 0) is 89.6 Å². The quantitative estimate of drug-likeness (QED) is 0.173. The van der Waals surface area contributed by atoms with Gasteiger partial charge in [0.1, 0.15) is 0 Å². The van der Waals surface area contributed by atoms with Crippen molar-refractivity contribution >= 4 is 20.4 Å². The van der Waals surface area contributed by atoms with Gasteiger partial charge in [-0.1, -0.05) is 106 Å². The number of rotatable bonds is 12. The van der Waals surface area contributed by atoms with E-state index in [1.165, 1.54) is 16.7 Å². The maximum atomic E-state index is 14.2. The molecule has 0 bridgehead atoms. The van der Waals surface area contributed by atoms with E-state index in [4.69, 9.17) is 3.63 Å². The third kappa shape index (κ3) is 6.32. The van der Waals surface area contributed by atoms with Crippen LogP contribution in [0.4, 0.5) is 0 Å². The standard InChI is InChI=1S/C34H40O3S2/c1-5-14-28-25-29(15-6-2)34(30(26-28)16-7-3)38(31-17-10-8-11-18-31,32-19-12-9-13-20-32)37-39(35,36)33-23-21-27(4)22-24-33/h8-13,17-26H,5-7,14-16H2,1-4H3. The highest BCUT2D eigenvalue weighted by atomic mass is 32.3. The zero-order chi connectivity index (χ0) is 27.9.